The second-order valence-electron chi connectivity index (χ2n) is 7.30. The van der Waals surface area contributed by atoms with Gasteiger partial charge in [-0.3, -0.25) is 9.59 Å². The minimum Gasteiger partial charge on any atom is -0.497 e. The fraction of sp³-hybridized carbons (Fsp3) is 0.273. The van der Waals surface area contributed by atoms with E-state index in [0.717, 1.165) is 11.6 Å². The maximum atomic E-state index is 13.8. The predicted octanol–water partition coefficient (Wildman–Crippen LogP) is 3.05. The van der Waals surface area contributed by atoms with Crippen LogP contribution in [0.3, 0.4) is 0 Å². The van der Waals surface area contributed by atoms with Gasteiger partial charge < -0.3 is 19.0 Å². The summed E-state index contributed by atoms with van der Waals surface area (Å²) in [6.07, 6.45) is 0. The summed E-state index contributed by atoms with van der Waals surface area (Å²) < 4.78 is 24.9. The third-order valence-electron chi connectivity index (χ3n) is 5.13. The molecular formula is C22H21FN2O4. The maximum Gasteiger partial charge on any atom is 0.290 e. The molecule has 2 heterocycles. The van der Waals surface area contributed by atoms with Crippen LogP contribution in [0.25, 0.3) is 11.0 Å². The van der Waals surface area contributed by atoms with Gasteiger partial charge in [-0.05, 0) is 50.0 Å². The smallest absolute Gasteiger partial charge is 0.290 e. The van der Waals surface area contributed by atoms with Crippen LogP contribution in [-0.4, -0.2) is 50.0 Å². The number of ether oxygens (including phenoxy) is 1. The summed E-state index contributed by atoms with van der Waals surface area (Å²) in [6, 6.07) is 10.3. The molecule has 0 spiro atoms. The summed E-state index contributed by atoms with van der Waals surface area (Å²) in [5.74, 6) is -0.248. The lowest BCUT2D eigenvalue weighted by Crippen LogP contribution is -2.35. The highest BCUT2D eigenvalue weighted by Gasteiger charge is 2.42. The summed E-state index contributed by atoms with van der Waals surface area (Å²) in [6.45, 7) is 1.02. The number of methoxy groups -OCH3 is 1. The minimum atomic E-state index is -0.628. The third kappa shape index (κ3) is 3.27. The lowest BCUT2D eigenvalue weighted by Gasteiger charge is -2.26. The van der Waals surface area contributed by atoms with Crippen LogP contribution in [0.2, 0.25) is 0 Å². The second-order valence-corrected chi connectivity index (χ2v) is 7.30. The monoisotopic (exact) mass is 396 g/mol. The first-order valence-electron chi connectivity index (χ1n) is 9.26. The molecule has 0 saturated heterocycles. The minimum absolute atomic E-state index is 0.0145. The largest absolute Gasteiger partial charge is 0.497 e. The number of amides is 1. The Morgan fingerprint density at radius 2 is 1.97 bits per heavy atom. The first-order chi connectivity index (χ1) is 13.9. The van der Waals surface area contributed by atoms with E-state index in [9.17, 15) is 14.0 Å². The van der Waals surface area contributed by atoms with E-state index in [4.69, 9.17) is 9.15 Å². The highest BCUT2D eigenvalue weighted by atomic mass is 19.1. The summed E-state index contributed by atoms with van der Waals surface area (Å²) in [7, 11) is 5.38. The average molecular weight is 396 g/mol. The van der Waals surface area contributed by atoms with Crippen molar-refractivity contribution in [2.75, 3.05) is 34.3 Å². The molecule has 0 fully saturated rings. The number of carbonyl (C=O) groups excluding carboxylic acids is 1. The highest BCUT2D eigenvalue weighted by molar-refractivity contribution is 5.99. The number of halogens is 1. The molecule has 1 aliphatic heterocycles. The zero-order valence-corrected chi connectivity index (χ0v) is 16.4. The Morgan fingerprint density at radius 1 is 1.17 bits per heavy atom. The lowest BCUT2D eigenvalue weighted by atomic mass is 9.98. The number of hydrogen-bond donors (Lipinski definition) is 0. The van der Waals surface area contributed by atoms with Crippen molar-refractivity contribution in [2.24, 2.45) is 0 Å². The molecule has 0 radical (unpaired) electrons. The third-order valence-corrected chi connectivity index (χ3v) is 5.13. The van der Waals surface area contributed by atoms with Gasteiger partial charge in [-0.1, -0.05) is 12.1 Å². The van der Waals surface area contributed by atoms with Crippen LogP contribution in [0.4, 0.5) is 4.39 Å². The number of carbonyl (C=O) groups is 1. The topological polar surface area (TPSA) is 63.0 Å². The van der Waals surface area contributed by atoms with E-state index >= 15 is 0 Å². The van der Waals surface area contributed by atoms with Gasteiger partial charge in [0.1, 0.15) is 17.1 Å². The van der Waals surface area contributed by atoms with Crippen molar-refractivity contribution in [3.8, 4) is 5.75 Å². The number of benzene rings is 2. The van der Waals surface area contributed by atoms with E-state index in [1.165, 1.54) is 12.1 Å². The van der Waals surface area contributed by atoms with E-state index < -0.39 is 17.3 Å². The first-order valence-corrected chi connectivity index (χ1v) is 9.26. The van der Waals surface area contributed by atoms with Crippen LogP contribution in [0.15, 0.2) is 51.7 Å². The molecule has 0 saturated carbocycles. The van der Waals surface area contributed by atoms with Gasteiger partial charge in [0.05, 0.1) is 24.1 Å². The van der Waals surface area contributed by atoms with E-state index in [-0.39, 0.29) is 28.2 Å². The molecule has 7 heteroatoms. The fourth-order valence-electron chi connectivity index (χ4n) is 3.69. The Kier molecular flexibility index (Phi) is 4.84. The van der Waals surface area contributed by atoms with Crippen LogP contribution in [-0.2, 0) is 0 Å². The molecule has 0 unspecified atom stereocenters. The number of fused-ring (bicyclic) bond motifs is 2. The molecule has 0 aliphatic carbocycles. The summed E-state index contributed by atoms with van der Waals surface area (Å²) in [4.78, 5) is 30.1. The normalized spacial score (nSPS) is 16.0. The van der Waals surface area contributed by atoms with Crippen molar-refractivity contribution in [3.05, 3.63) is 75.4 Å². The van der Waals surface area contributed by atoms with Crippen molar-refractivity contribution in [2.45, 2.75) is 6.04 Å². The van der Waals surface area contributed by atoms with Gasteiger partial charge in [0.15, 0.2) is 5.43 Å². The number of nitrogens with zero attached hydrogens (tertiary/aromatic N) is 2. The second kappa shape index (κ2) is 7.33. The molecule has 0 bridgehead atoms. The van der Waals surface area contributed by atoms with Gasteiger partial charge >= 0.3 is 0 Å². The Morgan fingerprint density at radius 3 is 2.69 bits per heavy atom. The van der Waals surface area contributed by atoms with E-state index in [1.54, 1.807) is 24.1 Å². The van der Waals surface area contributed by atoms with Crippen molar-refractivity contribution < 1.29 is 18.3 Å². The number of likely N-dealkylation sites (N-methyl/N-ethyl adjacent to an activating group) is 1. The first kappa shape index (κ1) is 19.1. The van der Waals surface area contributed by atoms with E-state index in [2.05, 4.69) is 0 Å². The Balaban J connectivity index is 1.95. The average Bonchev–Trinajstić information content (AvgIpc) is 2.99. The maximum absolute atomic E-state index is 13.8. The van der Waals surface area contributed by atoms with Crippen LogP contribution in [0, 0.1) is 5.82 Å². The fourth-order valence-corrected chi connectivity index (χ4v) is 3.69. The van der Waals surface area contributed by atoms with E-state index in [1.807, 2.05) is 31.1 Å². The lowest BCUT2D eigenvalue weighted by molar-refractivity contribution is 0.0716. The van der Waals surface area contributed by atoms with Gasteiger partial charge in [-0.15, -0.1) is 0 Å². The van der Waals surface area contributed by atoms with Crippen LogP contribution >= 0.6 is 0 Å². The van der Waals surface area contributed by atoms with Gasteiger partial charge in [0.25, 0.3) is 5.91 Å². The Bertz CT molecular complexity index is 1160. The molecule has 2 aromatic carbocycles. The zero-order valence-electron chi connectivity index (χ0n) is 16.4. The Labute approximate surface area is 167 Å². The van der Waals surface area contributed by atoms with Crippen molar-refractivity contribution in [1.82, 2.24) is 9.80 Å². The SMILES string of the molecule is COc1cccc([C@@H]2c3c(oc4ccc(F)cc4c3=O)C(=O)N2CCN(C)C)c1. The molecule has 0 N–H and O–H groups in total. The van der Waals surface area contributed by atoms with Crippen LogP contribution in [0.5, 0.6) is 5.75 Å². The highest BCUT2D eigenvalue weighted by Crippen LogP contribution is 2.38. The van der Waals surface area contributed by atoms with Gasteiger partial charge in [0.2, 0.25) is 5.76 Å². The van der Waals surface area contributed by atoms with Crippen molar-refractivity contribution in [3.63, 3.8) is 0 Å². The molecule has 1 aromatic heterocycles. The van der Waals surface area contributed by atoms with Crippen molar-refractivity contribution >= 4 is 16.9 Å². The molecule has 29 heavy (non-hydrogen) atoms. The molecule has 6 nitrogen and oxygen atoms in total. The number of rotatable bonds is 5. The van der Waals surface area contributed by atoms with Gasteiger partial charge in [-0.25, -0.2) is 4.39 Å². The Hall–Kier alpha value is -3.19. The van der Waals surface area contributed by atoms with Gasteiger partial charge in [-0.2, -0.15) is 0 Å². The van der Waals surface area contributed by atoms with Crippen molar-refractivity contribution in [1.29, 1.82) is 0 Å². The summed E-state index contributed by atoms with van der Waals surface area (Å²) in [5, 5.41) is 0.124. The summed E-state index contributed by atoms with van der Waals surface area (Å²) in [5.41, 5.74) is 0.773. The number of hydrogen-bond acceptors (Lipinski definition) is 5. The molecule has 1 atom stereocenters. The predicted molar refractivity (Wildman–Crippen MR) is 107 cm³/mol. The molecule has 150 valence electrons. The summed E-state index contributed by atoms with van der Waals surface area (Å²) >= 11 is 0. The van der Waals surface area contributed by atoms with Gasteiger partial charge in [0, 0.05) is 13.1 Å². The molecule has 3 aromatic rings. The van der Waals surface area contributed by atoms with Crippen LogP contribution in [0.1, 0.15) is 27.7 Å². The standard InChI is InChI=1S/C22H21FN2O4/c1-24(2)9-10-25-19(13-5-4-6-15(11-13)28-3)18-20(26)16-12-14(23)7-8-17(16)29-21(18)22(25)27/h4-8,11-12,19H,9-10H2,1-3H3/t19-/m1/s1. The van der Waals surface area contributed by atoms with E-state index in [0.29, 0.717) is 18.8 Å². The van der Waals surface area contributed by atoms with Crippen LogP contribution < -0.4 is 10.2 Å². The molecular weight excluding hydrogens is 375 g/mol. The quantitative estimate of drug-likeness (QED) is 0.663. The molecule has 4 rings (SSSR count). The zero-order chi connectivity index (χ0) is 20.7. The molecule has 1 aliphatic rings. The molecule has 1 amide bonds.